The maximum absolute atomic E-state index is 12.2. The summed E-state index contributed by atoms with van der Waals surface area (Å²) in [5.74, 6) is 0.558. The highest BCUT2D eigenvalue weighted by Gasteiger charge is 2.14. The van der Waals surface area contributed by atoms with Crippen LogP contribution in [0.3, 0.4) is 0 Å². The summed E-state index contributed by atoms with van der Waals surface area (Å²) in [6, 6.07) is 6.97. The zero-order valence-electron chi connectivity index (χ0n) is 11.5. The van der Waals surface area contributed by atoms with Crippen LogP contribution in [0.25, 0.3) is 0 Å². The first-order chi connectivity index (χ1) is 10.0. The van der Waals surface area contributed by atoms with Crippen LogP contribution in [0.15, 0.2) is 39.1 Å². The minimum Gasteiger partial charge on any atom is -0.370 e. The predicted octanol–water partition coefficient (Wildman–Crippen LogP) is 2.86. The van der Waals surface area contributed by atoms with Crippen LogP contribution in [-0.2, 0) is 16.4 Å². The van der Waals surface area contributed by atoms with Gasteiger partial charge < -0.3 is 5.32 Å². The highest BCUT2D eigenvalue weighted by atomic mass is 79.9. The molecule has 0 unspecified atom stereocenters. The smallest absolute Gasteiger partial charge is 0.240 e. The van der Waals surface area contributed by atoms with Gasteiger partial charge in [-0.25, -0.2) is 18.1 Å². The third-order valence-electron chi connectivity index (χ3n) is 2.69. The van der Waals surface area contributed by atoms with E-state index in [4.69, 9.17) is 0 Å². The van der Waals surface area contributed by atoms with Crippen LogP contribution in [0.4, 0.5) is 5.82 Å². The number of halogens is 1. The number of anilines is 1. The van der Waals surface area contributed by atoms with Gasteiger partial charge in [0.25, 0.3) is 0 Å². The molecule has 0 saturated carbocycles. The molecule has 21 heavy (non-hydrogen) atoms. The molecule has 0 amide bonds. The summed E-state index contributed by atoms with van der Waals surface area (Å²) in [7, 11) is -3.50. The fourth-order valence-electron chi connectivity index (χ4n) is 1.73. The van der Waals surface area contributed by atoms with Gasteiger partial charge in [-0.1, -0.05) is 0 Å². The quantitative estimate of drug-likeness (QED) is 0.763. The van der Waals surface area contributed by atoms with E-state index in [0.717, 1.165) is 8.66 Å². The van der Waals surface area contributed by atoms with E-state index in [0.29, 0.717) is 25.3 Å². The Morgan fingerprint density at radius 1 is 1.33 bits per heavy atom. The Bertz CT molecular complexity index is 701. The lowest BCUT2D eigenvalue weighted by Gasteiger charge is -2.08. The Labute approximate surface area is 137 Å². The molecule has 114 valence electrons. The van der Waals surface area contributed by atoms with Crippen molar-refractivity contribution in [1.29, 1.82) is 0 Å². The molecule has 2 rings (SSSR count). The Morgan fingerprint density at radius 2 is 2.14 bits per heavy atom. The van der Waals surface area contributed by atoms with Crippen LogP contribution in [0.2, 0.25) is 0 Å². The topological polar surface area (TPSA) is 71.1 Å². The minimum atomic E-state index is -3.50. The zero-order valence-corrected chi connectivity index (χ0v) is 14.7. The van der Waals surface area contributed by atoms with E-state index in [-0.39, 0.29) is 4.90 Å². The number of hydrogen-bond donors (Lipinski definition) is 2. The van der Waals surface area contributed by atoms with E-state index in [2.05, 4.69) is 31.0 Å². The lowest BCUT2D eigenvalue weighted by Crippen LogP contribution is -2.26. The number of nitrogens with zero attached hydrogens (tertiary/aromatic N) is 1. The van der Waals surface area contributed by atoms with Gasteiger partial charge in [0.2, 0.25) is 10.0 Å². The maximum atomic E-state index is 12.2. The fourth-order valence-corrected chi connectivity index (χ4v) is 4.26. The van der Waals surface area contributed by atoms with Crippen molar-refractivity contribution >= 4 is 43.1 Å². The van der Waals surface area contributed by atoms with Crippen LogP contribution in [0.5, 0.6) is 0 Å². The molecule has 2 aromatic heterocycles. The second-order valence-corrected chi connectivity index (χ2v) is 8.58. The Kier molecular flexibility index (Phi) is 5.74. The van der Waals surface area contributed by atoms with E-state index in [1.807, 2.05) is 19.1 Å². The molecule has 0 fully saturated rings. The largest absolute Gasteiger partial charge is 0.370 e. The SMILES string of the molecule is CCNc1cc(S(=O)(=O)NCCc2ccc(Br)s2)ccn1. The van der Waals surface area contributed by atoms with Crippen molar-refractivity contribution in [2.75, 3.05) is 18.4 Å². The number of sulfonamides is 1. The number of rotatable bonds is 7. The third kappa shape index (κ3) is 4.77. The molecule has 0 spiro atoms. The lowest BCUT2D eigenvalue weighted by molar-refractivity contribution is 0.581. The summed E-state index contributed by atoms with van der Waals surface area (Å²) in [6.45, 7) is 2.99. The molecule has 2 N–H and O–H groups in total. The van der Waals surface area contributed by atoms with Crippen molar-refractivity contribution in [3.05, 3.63) is 39.1 Å². The molecule has 0 radical (unpaired) electrons. The van der Waals surface area contributed by atoms with Crippen molar-refractivity contribution in [3.63, 3.8) is 0 Å². The summed E-state index contributed by atoms with van der Waals surface area (Å²) < 4.78 is 28.1. The van der Waals surface area contributed by atoms with Crippen molar-refractivity contribution in [3.8, 4) is 0 Å². The first kappa shape index (κ1) is 16.4. The van der Waals surface area contributed by atoms with Gasteiger partial charge in [-0.05, 0) is 47.5 Å². The Hall–Kier alpha value is -0.960. The molecule has 0 aliphatic heterocycles. The van der Waals surface area contributed by atoms with E-state index in [1.165, 1.54) is 18.3 Å². The highest BCUT2D eigenvalue weighted by molar-refractivity contribution is 9.11. The molecule has 0 aromatic carbocycles. The molecular formula is C13H16BrN3O2S2. The second-order valence-electron chi connectivity index (χ2n) is 4.26. The number of nitrogens with one attached hydrogen (secondary N) is 2. The molecule has 0 aliphatic rings. The van der Waals surface area contributed by atoms with Gasteiger partial charge in [-0.3, -0.25) is 0 Å². The van der Waals surface area contributed by atoms with Crippen LogP contribution in [0, 0.1) is 0 Å². The summed E-state index contributed by atoms with van der Waals surface area (Å²) in [6.07, 6.45) is 2.16. The van der Waals surface area contributed by atoms with Crippen LogP contribution in [-0.4, -0.2) is 26.5 Å². The average Bonchev–Trinajstić information content (AvgIpc) is 2.85. The summed E-state index contributed by atoms with van der Waals surface area (Å²) in [5.41, 5.74) is 0. The summed E-state index contributed by atoms with van der Waals surface area (Å²) >= 11 is 4.99. The van der Waals surface area contributed by atoms with Crippen molar-refractivity contribution in [1.82, 2.24) is 9.71 Å². The standard InChI is InChI=1S/C13H16BrN3O2S2/c1-2-15-13-9-11(6-7-16-13)21(18,19)17-8-5-10-3-4-12(14)20-10/h3-4,6-7,9,17H,2,5,8H2,1H3,(H,15,16). The van der Waals surface area contributed by atoms with Crippen LogP contribution in [0.1, 0.15) is 11.8 Å². The fraction of sp³-hybridized carbons (Fsp3) is 0.308. The van der Waals surface area contributed by atoms with Gasteiger partial charge in [0.1, 0.15) is 5.82 Å². The number of hydrogen-bond acceptors (Lipinski definition) is 5. The molecule has 0 aliphatic carbocycles. The van der Waals surface area contributed by atoms with Gasteiger partial charge >= 0.3 is 0 Å². The normalized spacial score (nSPS) is 11.5. The zero-order chi connectivity index (χ0) is 15.3. The molecular weight excluding hydrogens is 374 g/mol. The highest BCUT2D eigenvalue weighted by Crippen LogP contribution is 2.22. The van der Waals surface area contributed by atoms with Gasteiger partial charge in [0, 0.05) is 30.2 Å². The monoisotopic (exact) mass is 389 g/mol. The van der Waals surface area contributed by atoms with Gasteiger partial charge in [0.05, 0.1) is 8.68 Å². The van der Waals surface area contributed by atoms with Crippen LogP contribution < -0.4 is 10.0 Å². The van der Waals surface area contributed by atoms with Crippen LogP contribution >= 0.6 is 27.3 Å². The predicted molar refractivity (Wildman–Crippen MR) is 89.3 cm³/mol. The molecule has 2 aromatic rings. The maximum Gasteiger partial charge on any atom is 0.240 e. The Morgan fingerprint density at radius 3 is 2.81 bits per heavy atom. The minimum absolute atomic E-state index is 0.223. The first-order valence-electron chi connectivity index (χ1n) is 6.45. The summed E-state index contributed by atoms with van der Waals surface area (Å²) in [4.78, 5) is 5.42. The molecule has 0 atom stereocenters. The Balaban J connectivity index is 1.99. The van der Waals surface area contributed by atoms with Crippen molar-refractivity contribution < 1.29 is 8.42 Å². The number of thiophene rings is 1. The molecule has 0 saturated heterocycles. The lowest BCUT2D eigenvalue weighted by atomic mass is 10.3. The first-order valence-corrected chi connectivity index (χ1v) is 9.54. The molecule has 0 bridgehead atoms. The van der Waals surface area contributed by atoms with Gasteiger partial charge in [0.15, 0.2) is 0 Å². The van der Waals surface area contributed by atoms with E-state index in [9.17, 15) is 8.42 Å². The number of aromatic nitrogens is 1. The molecule has 5 nitrogen and oxygen atoms in total. The second kappa shape index (κ2) is 7.35. The third-order valence-corrected chi connectivity index (χ3v) is 5.83. The average molecular weight is 390 g/mol. The van der Waals surface area contributed by atoms with E-state index >= 15 is 0 Å². The van der Waals surface area contributed by atoms with Crippen molar-refractivity contribution in [2.45, 2.75) is 18.2 Å². The summed E-state index contributed by atoms with van der Waals surface area (Å²) in [5, 5.41) is 3.00. The van der Waals surface area contributed by atoms with Gasteiger partial charge in [-0.2, -0.15) is 0 Å². The van der Waals surface area contributed by atoms with E-state index in [1.54, 1.807) is 11.3 Å². The number of pyridine rings is 1. The molecule has 8 heteroatoms. The molecule has 2 heterocycles. The van der Waals surface area contributed by atoms with Crippen molar-refractivity contribution in [2.24, 2.45) is 0 Å². The van der Waals surface area contributed by atoms with E-state index < -0.39 is 10.0 Å². The van der Waals surface area contributed by atoms with Gasteiger partial charge in [-0.15, -0.1) is 11.3 Å².